The highest BCUT2D eigenvalue weighted by Crippen LogP contribution is 2.20. The lowest BCUT2D eigenvalue weighted by atomic mass is 10.0. The first-order valence-corrected chi connectivity index (χ1v) is 5.55. The van der Waals surface area contributed by atoms with Gasteiger partial charge in [0.2, 0.25) is 12.2 Å². The Kier molecular flexibility index (Phi) is 5.59. The molecule has 0 spiro atoms. The Bertz CT molecular complexity index is 470. The highest BCUT2D eigenvalue weighted by molar-refractivity contribution is 5.51. The van der Waals surface area contributed by atoms with E-state index in [1.165, 1.54) is 12.2 Å². The predicted octanol–water partition coefficient (Wildman–Crippen LogP) is 2.83. The largest absolute Gasteiger partial charge is 0.240 e. The van der Waals surface area contributed by atoms with Crippen LogP contribution in [0.1, 0.15) is 30.9 Å². The lowest BCUT2D eigenvalue weighted by molar-refractivity contribution is 0.562. The molecule has 1 aromatic carbocycles. The quantitative estimate of drug-likeness (QED) is 0.557. The number of hydrogen-bond donors (Lipinski definition) is 0. The van der Waals surface area contributed by atoms with Crippen LogP contribution in [0.5, 0.6) is 0 Å². The third-order valence-electron chi connectivity index (χ3n) is 2.48. The third-order valence-corrected chi connectivity index (χ3v) is 2.48. The van der Waals surface area contributed by atoms with E-state index in [1.807, 2.05) is 12.1 Å². The number of aryl methyl sites for hydroxylation is 1. The van der Waals surface area contributed by atoms with Crippen molar-refractivity contribution in [1.82, 2.24) is 0 Å². The van der Waals surface area contributed by atoms with E-state index < -0.39 is 0 Å². The number of isocyanates is 2. The lowest BCUT2D eigenvalue weighted by Crippen LogP contribution is -1.93. The SMILES string of the molecule is CCCCc1cc(N=C=O)ccc1CN=C=O. The summed E-state index contributed by atoms with van der Waals surface area (Å²) in [4.78, 5) is 27.5. The molecule has 0 aliphatic heterocycles. The number of aliphatic imine (C=N–C) groups is 2. The van der Waals surface area contributed by atoms with E-state index in [0.717, 1.165) is 30.4 Å². The molecule has 0 aliphatic rings. The van der Waals surface area contributed by atoms with E-state index in [0.29, 0.717) is 12.2 Å². The van der Waals surface area contributed by atoms with Gasteiger partial charge in [-0.1, -0.05) is 19.4 Å². The number of nitrogens with zero attached hydrogens (tertiary/aromatic N) is 2. The van der Waals surface area contributed by atoms with Gasteiger partial charge in [0.25, 0.3) is 0 Å². The van der Waals surface area contributed by atoms with E-state index in [1.54, 1.807) is 6.07 Å². The number of carbonyl (C=O) groups excluding carboxylic acids is 2. The maximum atomic E-state index is 10.2. The minimum absolute atomic E-state index is 0.327. The van der Waals surface area contributed by atoms with Gasteiger partial charge in [-0.15, -0.1) is 0 Å². The zero-order chi connectivity index (χ0) is 12.5. The summed E-state index contributed by atoms with van der Waals surface area (Å²) in [7, 11) is 0. The average molecular weight is 230 g/mol. The molecule has 0 N–H and O–H groups in total. The minimum atomic E-state index is 0.327. The first-order valence-electron chi connectivity index (χ1n) is 5.55. The predicted molar refractivity (Wildman–Crippen MR) is 64.7 cm³/mol. The summed E-state index contributed by atoms with van der Waals surface area (Å²) in [5, 5.41) is 0. The second-order valence-corrected chi connectivity index (χ2v) is 3.67. The number of unbranched alkanes of at least 4 members (excludes halogenated alkanes) is 1. The average Bonchev–Trinajstić information content (AvgIpc) is 2.35. The van der Waals surface area contributed by atoms with E-state index in [9.17, 15) is 9.59 Å². The maximum absolute atomic E-state index is 10.2. The molecule has 0 aliphatic carbocycles. The molecule has 4 heteroatoms. The van der Waals surface area contributed by atoms with E-state index >= 15 is 0 Å². The van der Waals surface area contributed by atoms with Crippen LogP contribution < -0.4 is 0 Å². The molecule has 0 bridgehead atoms. The van der Waals surface area contributed by atoms with Crippen molar-refractivity contribution in [3.63, 3.8) is 0 Å². The third kappa shape index (κ3) is 4.15. The van der Waals surface area contributed by atoms with Crippen molar-refractivity contribution in [3.05, 3.63) is 29.3 Å². The molecule has 0 fully saturated rings. The summed E-state index contributed by atoms with van der Waals surface area (Å²) >= 11 is 0. The van der Waals surface area contributed by atoms with Gasteiger partial charge in [0, 0.05) is 0 Å². The minimum Gasteiger partial charge on any atom is -0.211 e. The van der Waals surface area contributed by atoms with Crippen LogP contribution >= 0.6 is 0 Å². The van der Waals surface area contributed by atoms with E-state index in [4.69, 9.17) is 0 Å². The fourth-order valence-corrected chi connectivity index (χ4v) is 1.61. The molecular formula is C13H14N2O2. The van der Waals surface area contributed by atoms with Crippen LogP contribution in [0.4, 0.5) is 5.69 Å². The van der Waals surface area contributed by atoms with Crippen LogP contribution in [0.15, 0.2) is 28.2 Å². The molecule has 0 saturated carbocycles. The van der Waals surface area contributed by atoms with Crippen LogP contribution in [0.3, 0.4) is 0 Å². The van der Waals surface area contributed by atoms with Gasteiger partial charge in [-0.2, -0.15) is 4.99 Å². The molecule has 1 rings (SSSR count). The molecule has 0 atom stereocenters. The van der Waals surface area contributed by atoms with Gasteiger partial charge >= 0.3 is 0 Å². The molecular weight excluding hydrogens is 216 g/mol. The van der Waals surface area contributed by atoms with Crippen molar-refractivity contribution in [2.75, 3.05) is 0 Å². The molecule has 17 heavy (non-hydrogen) atoms. The molecule has 4 nitrogen and oxygen atoms in total. The first-order chi connectivity index (χ1) is 8.31. The molecule has 0 saturated heterocycles. The van der Waals surface area contributed by atoms with Crippen molar-refractivity contribution in [2.45, 2.75) is 32.7 Å². The second-order valence-electron chi connectivity index (χ2n) is 3.67. The number of rotatable bonds is 6. The monoisotopic (exact) mass is 230 g/mol. The Balaban J connectivity index is 3.01. The summed E-state index contributed by atoms with van der Waals surface area (Å²) in [6.07, 6.45) is 6.07. The van der Waals surface area contributed by atoms with Crippen molar-refractivity contribution in [3.8, 4) is 0 Å². The Morgan fingerprint density at radius 1 is 1.18 bits per heavy atom. The van der Waals surface area contributed by atoms with Crippen molar-refractivity contribution < 1.29 is 9.59 Å². The molecule has 0 unspecified atom stereocenters. The molecule has 0 amide bonds. The highest BCUT2D eigenvalue weighted by Gasteiger charge is 2.03. The van der Waals surface area contributed by atoms with Gasteiger partial charge < -0.3 is 0 Å². The van der Waals surface area contributed by atoms with Gasteiger partial charge in [0.05, 0.1) is 12.2 Å². The number of benzene rings is 1. The Labute approximate surface area is 100 Å². The van der Waals surface area contributed by atoms with E-state index in [2.05, 4.69) is 16.9 Å². The fourth-order valence-electron chi connectivity index (χ4n) is 1.61. The molecule has 0 aromatic heterocycles. The molecule has 88 valence electrons. The Morgan fingerprint density at radius 2 is 2.00 bits per heavy atom. The zero-order valence-electron chi connectivity index (χ0n) is 9.77. The summed E-state index contributed by atoms with van der Waals surface area (Å²) in [5.41, 5.74) is 2.64. The fraction of sp³-hybridized carbons (Fsp3) is 0.385. The summed E-state index contributed by atoms with van der Waals surface area (Å²) in [5.74, 6) is 0. The first kappa shape index (κ1) is 13.0. The summed E-state index contributed by atoms with van der Waals surface area (Å²) in [6, 6.07) is 5.40. The zero-order valence-corrected chi connectivity index (χ0v) is 9.77. The smallest absolute Gasteiger partial charge is 0.211 e. The van der Waals surface area contributed by atoms with Gasteiger partial charge in [-0.25, -0.2) is 14.6 Å². The van der Waals surface area contributed by atoms with Crippen molar-refractivity contribution in [2.24, 2.45) is 9.98 Å². The summed E-state index contributed by atoms with van der Waals surface area (Å²) in [6.45, 7) is 2.43. The molecule has 0 radical (unpaired) electrons. The van der Waals surface area contributed by atoms with Crippen molar-refractivity contribution >= 4 is 17.8 Å². The number of hydrogen-bond acceptors (Lipinski definition) is 4. The Morgan fingerprint density at radius 3 is 2.65 bits per heavy atom. The second kappa shape index (κ2) is 7.29. The van der Waals surface area contributed by atoms with Crippen LogP contribution in [0.2, 0.25) is 0 Å². The van der Waals surface area contributed by atoms with E-state index in [-0.39, 0.29) is 0 Å². The standard InChI is InChI=1S/C13H14N2O2/c1-2-3-4-11-7-13(15-10-17)6-5-12(11)8-14-9-16/h5-7H,2-4,8H2,1H3. The lowest BCUT2D eigenvalue weighted by Gasteiger charge is -2.07. The van der Waals surface area contributed by atoms with Gasteiger partial charge in [0.1, 0.15) is 0 Å². The maximum Gasteiger partial charge on any atom is 0.240 e. The highest BCUT2D eigenvalue weighted by atomic mass is 16.1. The molecule has 0 heterocycles. The van der Waals surface area contributed by atoms with Crippen molar-refractivity contribution in [1.29, 1.82) is 0 Å². The normalized spacial score (nSPS) is 9.24. The van der Waals surface area contributed by atoms with Crippen LogP contribution in [-0.2, 0) is 22.6 Å². The van der Waals surface area contributed by atoms with Gasteiger partial charge in [-0.3, -0.25) is 0 Å². The summed E-state index contributed by atoms with van der Waals surface area (Å²) < 4.78 is 0. The Hall–Kier alpha value is -2.02. The molecule has 1 aromatic rings. The topological polar surface area (TPSA) is 58.9 Å². The van der Waals surface area contributed by atoms with Crippen LogP contribution in [-0.4, -0.2) is 12.2 Å². The van der Waals surface area contributed by atoms with Gasteiger partial charge in [-0.05, 0) is 36.1 Å². The van der Waals surface area contributed by atoms with Crippen LogP contribution in [0.25, 0.3) is 0 Å². The van der Waals surface area contributed by atoms with Crippen LogP contribution in [0, 0.1) is 0 Å². The van der Waals surface area contributed by atoms with Gasteiger partial charge in [0.15, 0.2) is 0 Å².